The van der Waals surface area contributed by atoms with Gasteiger partial charge in [0.1, 0.15) is 12.1 Å². The summed E-state index contributed by atoms with van der Waals surface area (Å²) in [5.41, 5.74) is 1.01. The van der Waals surface area contributed by atoms with Gasteiger partial charge in [-0.15, -0.1) is 0 Å². The van der Waals surface area contributed by atoms with Gasteiger partial charge in [-0.1, -0.05) is 19.8 Å². The lowest BCUT2D eigenvalue weighted by Gasteiger charge is -2.11. The van der Waals surface area contributed by atoms with E-state index in [0.29, 0.717) is 0 Å². The first-order valence-corrected chi connectivity index (χ1v) is 6.49. The third-order valence-electron chi connectivity index (χ3n) is 3.04. The van der Waals surface area contributed by atoms with E-state index in [1.165, 1.54) is 12.8 Å². The smallest absolute Gasteiger partial charge is 0.221 e. The predicted molar refractivity (Wildman–Crippen MR) is 68.4 cm³/mol. The van der Waals surface area contributed by atoms with Crippen molar-refractivity contribution in [2.45, 2.75) is 39.5 Å². The molecule has 0 unspecified atom stereocenters. The number of ether oxygens (including phenoxy) is 1. The first kappa shape index (κ1) is 12.1. The van der Waals surface area contributed by atoms with Crippen molar-refractivity contribution in [3.05, 3.63) is 11.9 Å². The lowest BCUT2D eigenvalue weighted by atomic mass is 10.3. The Morgan fingerprint density at radius 3 is 2.94 bits per heavy atom. The highest BCUT2D eigenvalue weighted by Gasteiger charge is 2.21. The molecule has 94 valence electrons. The van der Waals surface area contributed by atoms with Crippen LogP contribution in [-0.2, 0) is 0 Å². The minimum Gasteiger partial charge on any atom is -0.477 e. The zero-order valence-corrected chi connectivity index (χ0v) is 10.7. The van der Waals surface area contributed by atoms with E-state index in [-0.39, 0.29) is 0 Å². The van der Waals surface area contributed by atoms with E-state index < -0.39 is 0 Å². The molecule has 0 spiro atoms. The van der Waals surface area contributed by atoms with Gasteiger partial charge >= 0.3 is 0 Å². The molecule has 0 radical (unpaired) electrons. The molecule has 1 aromatic rings. The second kappa shape index (κ2) is 5.84. The number of nitrogens with one attached hydrogen (secondary N) is 1. The monoisotopic (exact) mass is 235 g/mol. The normalized spacial score (nSPS) is 14.7. The van der Waals surface area contributed by atoms with Gasteiger partial charge in [-0.3, -0.25) is 0 Å². The molecule has 0 amide bonds. The standard InChI is InChI=1S/C13H21N3O/c1-3-7-14-12-10(2)13(16-9-15-12)17-8-6-11-4-5-11/h9,11H,3-8H2,1-2H3,(H,14,15,16). The number of rotatable bonds is 7. The Morgan fingerprint density at radius 2 is 2.24 bits per heavy atom. The molecular formula is C13H21N3O. The maximum Gasteiger partial charge on any atom is 0.221 e. The van der Waals surface area contributed by atoms with E-state index in [2.05, 4.69) is 22.2 Å². The molecule has 0 saturated heterocycles. The van der Waals surface area contributed by atoms with Crippen LogP contribution in [0.4, 0.5) is 5.82 Å². The van der Waals surface area contributed by atoms with E-state index in [9.17, 15) is 0 Å². The molecule has 0 bridgehead atoms. The van der Waals surface area contributed by atoms with Gasteiger partial charge in [-0.25, -0.2) is 9.97 Å². The molecule has 1 aromatic heterocycles. The first-order chi connectivity index (χ1) is 8.31. The van der Waals surface area contributed by atoms with Gasteiger partial charge in [0, 0.05) is 6.54 Å². The van der Waals surface area contributed by atoms with Crippen LogP contribution < -0.4 is 10.1 Å². The molecule has 4 heteroatoms. The predicted octanol–water partition coefficient (Wildman–Crippen LogP) is 2.79. The summed E-state index contributed by atoms with van der Waals surface area (Å²) in [5, 5.41) is 3.28. The van der Waals surface area contributed by atoms with Gasteiger partial charge in [0.15, 0.2) is 0 Å². The Balaban J connectivity index is 1.90. The number of hydrogen-bond donors (Lipinski definition) is 1. The summed E-state index contributed by atoms with van der Waals surface area (Å²) in [6.45, 7) is 5.84. The topological polar surface area (TPSA) is 47.0 Å². The maximum atomic E-state index is 5.72. The van der Waals surface area contributed by atoms with Crippen molar-refractivity contribution in [1.82, 2.24) is 9.97 Å². The van der Waals surface area contributed by atoms with Crippen LogP contribution in [0.5, 0.6) is 5.88 Å². The summed E-state index contributed by atoms with van der Waals surface area (Å²) < 4.78 is 5.72. The molecule has 0 atom stereocenters. The fourth-order valence-electron chi connectivity index (χ4n) is 1.73. The van der Waals surface area contributed by atoms with E-state index in [1.807, 2.05) is 6.92 Å². The lowest BCUT2D eigenvalue weighted by Crippen LogP contribution is -2.07. The SMILES string of the molecule is CCCNc1ncnc(OCCC2CC2)c1C. The van der Waals surface area contributed by atoms with Crippen LogP contribution >= 0.6 is 0 Å². The van der Waals surface area contributed by atoms with Gasteiger partial charge in [-0.05, 0) is 25.7 Å². The fraction of sp³-hybridized carbons (Fsp3) is 0.692. The van der Waals surface area contributed by atoms with Crippen LogP contribution in [0.2, 0.25) is 0 Å². The van der Waals surface area contributed by atoms with Crippen LogP contribution in [0, 0.1) is 12.8 Å². The zero-order valence-electron chi connectivity index (χ0n) is 10.7. The van der Waals surface area contributed by atoms with E-state index in [4.69, 9.17) is 4.74 Å². The number of hydrogen-bond acceptors (Lipinski definition) is 4. The summed E-state index contributed by atoms with van der Waals surface area (Å²) in [6.07, 6.45) is 6.55. The highest BCUT2D eigenvalue weighted by atomic mass is 16.5. The Hall–Kier alpha value is -1.32. The Morgan fingerprint density at radius 1 is 1.41 bits per heavy atom. The molecule has 1 aliphatic rings. The molecule has 4 nitrogen and oxygen atoms in total. The highest BCUT2D eigenvalue weighted by molar-refractivity contribution is 5.47. The molecule has 1 fully saturated rings. The minimum absolute atomic E-state index is 0.722. The largest absolute Gasteiger partial charge is 0.477 e. The maximum absolute atomic E-state index is 5.72. The Kier molecular flexibility index (Phi) is 4.18. The first-order valence-electron chi connectivity index (χ1n) is 6.49. The molecule has 2 rings (SSSR count). The van der Waals surface area contributed by atoms with Crippen molar-refractivity contribution in [1.29, 1.82) is 0 Å². The second-order valence-corrected chi connectivity index (χ2v) is 4.66. The van der Waals surface area contributed by atoms with Gasteiger partial charge in [0.05, 0.1) is 12.2 Å². The molecule has 0 aromatic carbocycles. The average molecular weight is 235 g/mol. The van der Waals surface area contributed by atoms with Gasteiger partial charge in [0.2, 0.25) is 5.88 Å². The van der Waals surface area contributed by atoms with Gasteiger partial charge in [-0.2, -0.15) is 0 Å². The van der Waals surface area contributed by atoms with Crippen LogP contribution in [0.3, 0.4) is 0 Å². The van der Waals surface area contributed by atoms with Crippen LogP contribution in [0.25, 0.3) is 0 Å². The summed E-state index contributed by atoms with van der Waals surface area (Å²) in [7, 11) is 0. The van der Waals surface area contributed by atoms with E-state index in [1.54, 1.807) is 6.33 Å². The van der Waals surface area contributed by atoms with Crippen molar-refractivity contribution < 1.29 is 4.74 Å². The Labute approximate surface area is 103 Å². The Bertz CT molecular complexity index is 364. The van der Waals surface area contributed by atoms with Gasteiger partial charge < -0.3 is 10.1 Å². The fourth-order valence-corrected chi connectivity index (χ4v) is 1.73. The number of anilines is 1. The van der Waals surface area contributed by atoms with Crippen LogP contribution in [-0.4, -0.2) is 23.1 Å². The summed E-state index contributed by atoms with van der Waals surface area (Å²) in [6, 6.07) is 0. The quantitative estimate of drug-likeness (QED) is 0.789. The van der Waals surface area contributed by atoms with Crippen molar-refractivity contribution >= 4 is 5.82 Å². The van der Waals surface area contributed by atoms with Gasteiger partial charge in [0.25, 0.3) is 0 Å². The lowest BCUT2D eigenvalue weighted by molar-refractivity contribution is 0.289. The molecular weight excluding hydrogens is 214 g/mol. The molecule has 1 aliphatic carbocycles. The van der Waals surface area contributed by atoms with Crippen molar-refractivity contribution in [3.8, 4) is 5.88 Å². The third-order valence-corrected chi connectivity index (χ3v) is 3.04. The van der Waals surface area contributed by atoms with Crippen molar-refractivity contribution in [2.75, 3.05) is 18.5 Å². The molecule has 1 N–H and O–H groups in total. The minimum atomic E-state index is 0.722. The molecule has 1 saturated carbocycles. The molecule has 0 aliphatic heterocycles. The van der Waals surface area contributed by atoms with Crippen LogP contribution in [0.1, 0.15) is 38.2 Å². The number of aromatic nitrogens is 2. The second-order valence-electron chi connectivity index (χ2n) is 4.66. The zero-order chi connectivity index (χ0) is 12.1. The summed E-state index contributed by atoms with van der Waals surface area (Å²) >= 11 is 0. The van der Waals surface area contributed by atoms with Crippen molar-refractivity contribution in [3.63, 3.8) is 0 Å². The van der Waals surface area contributed by atoms with E-state index in [0.717, 1.165) is 49.2 Å². The van der Waals surface area contributed by atoms with E-state index >= 15 is 0 Å². The number of nitrogens with zero attached hydrogens (tertiary/aromatic N) is 2. The molecule has 17 heavy (non-hydrogen) atoms. The average Bonchev–Trinajstić information content (AvgIpc) is 3.14. The molecule has 1 heterocycles. The van der Waals surface area contributed by atoms with Crippen LogP contribution in [0.15, 0.2) is 6.33 Å². The highest BCUT2D eigenvalue weighted by Crippen LogP contribution is 2.32. The summed E-state index contributed by atoms with van der Waals surface area (Å²) in [5.74, 6) is 2.51. The third kappa shape index (κ3) is 3.58. The summed E-state index contributed by atoms with van der Waals surface area (Å²) in [4.78, 5) is 8.42. The van der Waals surface area contributed by atoms with Crippen molar-refractivity contribution in [2.24, 2.45) is 5.92 Å².